The molecule has 0 saturated carbocycles. The topological polar surface area (TPSA) is 58.9 Å². The van der Waals surface area contributed by atoms with Gasteiger partial charge in [-0.2, -0.15) is 9.98 Å². The van der Waals surface area contributed by atoms with Gasteiger partial charge in [0.1, 0.15) is 12.1 Å². The molecular formula is C15H10N2O2. The van der Waals surface area contributed by atoms with Gasteiger partial charge in [0.2, 0.25) is 12.2 Å². The summed E-state index contributed by atoms with van der Waals surface area (Å²) in [6.07, 6.45) is 7.59. The zero-order chi connectivity index (χ0) is 13.2. The van der Waals surface area contributed by atoms with Gasteiger partial charge in [0.05, 0.1) is 0 Å². The summed E-state index contributed by atoms with van der Waals surface area (Å²) in [7, 11) is 0. The maximum Gasteiger partial charge on any atom is 0.235 e. The summed E-state index contributed by atoms with van der Waals surface area (Å²) in [6.45, 7) is 0. The molecule has 0 amide bonds. The first kappa shape index (κ1) is 11.5. The van der Waals surface area contributed by atoms with Gasteiger partial charge in [0.15, 0.2) is 0 Å². The molecule has 2 unspecified atom stereocenters. The molecule has 0 aromatic heterocycles. The van der Waals surface area contributed by atoms with Gasteiger partial charge in [0.25, 0.3) is 0 Å². The van der Waals surface area contributed by atoms with Crippen LogP contribution in [0.5, 0.6) is 0 Å². The fourth-order valence-electron chi connectivity index (χ4n) is 2.76. The fourth-order valence-corrected chi connectivity index (χ4v) is 2.76. The van der Waals surface area contributed by atoms with Crippen molar-refractivity contribution in [3.8, 4) is 0 Å². The summed E-state index contributed by atoms with van der Waals surface area (Å²) in [5.74, 6) is 0. The molecule has 92 valence electrons. The second kappa shape index (κ2) is 4.62. The predicted molar refractivity (Wildman–Crippen MR) is 70.0 cm³/mol. The third kappa shape index (κ3) is 1.80. The Hall–Kier alpha value is -2.54. The standard InChI is InChI=1S/C15H10N2O2/c18-8-16-14-6-5-12-11-4-2-1-3-10(11)7-13(12)15(14)17-9-19/h1-6,14-15H,7H2. The summed E-state index contributed by atoms with van der Waals surface area (Å²) in [4.78, 5) is 28.6. The molecule has 4 nitrogen and oxygen atoms in total. The molecule has 4 heteroatoms. The van der Waals surface area contributed by atoms with E-state index in [0.717, 1.165) is 23.1 Å². The number of rotatable bonds is 2. The number of nitrogens with zero attached hydrogens (tertiary/aromatic N) is 2. The van der Waals surface area contributed by atoms with E-state index in [1.807, 2.05) is 24.3 Å². The molecule has 2 aliphatic carbocycles. The van der Waals surface area contributed by atoms with E-state index in [4.69, 9.17) is 0 Å². The second-order valence-corrected chi connectivity index (χ2v) is 4.51. The lowest BCUT2D eigenvalue weighted by molar-refractivity contribution is 0.547. The molecule has 0 N–H and O–H groups in total. The summed E-state index contributed by atoms with van der Waals surface area (Å²) in [5.41, 5.74) is 4.47. The van der Waals surface area contributed by atoms with Crippen molar-refractivity contribution in [1.82, 2.24) is 0 Å². The van der Waals surface area contributed by atoms with Crippen LogP contribution >= 0.6 is 0 Å². The van der Waals surface area contributed by atoms with Crippen LogP contribution in [-0.4, -0.2) is 24.2 Å². The minimum Gasteiger partial charge on any atom is -0.211 e. The van der Waals surface area contributed by atoms with Gasteiger partial charge in [-0.25, -0.2) is 9.59 Å². The van der Waals surface area contributed by atoms with Crippen molar-refractivity contribution in [2.45, 2.75) is 18.5 Å². The third-order valence-electron chi connectivity index (χ3n) is 3.57. The number of allylic oxidation sites excluding steroid dienone is 2. The van der Waals surface area contributed by atoms with Crippen molar-refractivity contribution in [1.29, 1.82) is 0 Å². The Morgan fingerprint density at radius 3 is 2.68 bits per heavy atom. The van der Waals surface area contributed by atoms with Crippen molar-refractivity contribution in [2.75, 3.05) is 0 Å². The molecule has 1 aromatic carbocycles. The van der Waals surface area contributed by atoms with E-state index in [0.29, 0.717) is 0 Å². The zero-order valence-electron chi connectivity index (χ0n) is 10.0. The van der Waals surface area contributed by atoms with Gasteiger partial charge < -0.3 is 0 Å². The van der Waals surface area contributed by atoms with E-state index in [2.05, 4.69) is 16.1 Å². The maximum atomic E-state index is 10.6. The lowest BCUT2D eigenvalue weighted by Crippen LogP contribution is -2.25. The Morgan fingerprint density at radius 1 is 1.11 bits per heavy atom. The van der Waals surface area contributed by atoms with Crippen LogP contribution in [0.15, 0.2) is 52.0 Å². The molecule has 19 heavy (non-hydrogen) atoms. The van der Waals surface area contributed by atoms with E-state index in [1.165, 1.54) is 11.6 Å². The molecule has 3 rings (SSSR count). The van der Waals surface area contributed by atoms with Crippen LogP contribution in [0.25, 0.3) is 5.57 Å². The average Bonchev–Trinajstić information content (AvgIpc) is 2.81. The first-order valence-electron chi connectivity index (χ1n) is 5.98. The highest BCUT2D eigenvalue weighted by molar-refractivity contribution is 5.85. The highest BCUT2D eigenvalue weighted by Gasteiger charge is 2.33. The Labute approximate surface area is 109 Å². The minimum atomic E-state index is -0.452. The molecule has 0 spiro atoms. The van der Waals surface area contributed by atoms with Crippen LogP contribution < -0.4 is 0 Å². The van der Waals surface area contributed by atoms with Gasteiger partial charge in [-0.3, -0.25) is 0 Å². The SMILES string of the molecule is O=C=NC1C=CC2=C(Cc3ccccc32)C1N=C=O. The van der Waals surface area contributed by atoms with Gasteiger partial charge >= 0.3 is 0 Å². The first-order chi connectivity index (χ1) is 9.35. The van der Waals surface area contributed by atoms with Crippen LogP contribution in [0.3, 0.4) is 0 Å². The molecule has 2 aliphatic rings. The molecular weight excluding hydrogens is 240 g/mol. The van der Waals surface area contributed by atoms with Gasteiger partial charge in [-0.15, -0.1) is 0 Å². The molecule has 0 fully saturated rings. The molecule has 2 atom stereocenters. The van der Waals surface area contributed by atoms with Crippen LogP contribution in [0.2, 0.25) is 0 Å². The van der Waals surface area contributed by atoms with Crippen LogP contribution in [0.4, 0.5) is 0 Å². The first-order valence-corrected chi connectivity index (χ1v) is 5.98. The van der Waals surface area contributed by atoms with Crippen molar-refractivity contribution in [3.63, 3.8) is 0 Å². The van der Waals surface area contributed by atoms with E-state index in [9.17, 15) is 9.59 Å². The number of fused-ring (bicyclic) bond motifs is 2. The lowest BCUT2D eigenvalue weighted by Gasteiger charge is -2.21. The summed E-state index contributed by atoms with van der Waals surface area (Å²) >= 11 is 0. The Morgan fingerprint density at radius 2 is 1.89 bits per heavy atom. The predicted octanol–water partition coefficient (Wildman–Crippen LogP) is 1.97. The van der Waals surface area contributed by atoms with Crippen molar-refractivity contribution in [2.24, 2.45) is 9.98 Å². The number of carbonyl (C=O) groups excluding carboxylic acids is 2. The molecule has 1 aromatic rings. The van der Waals surface area contributed by atoms with Gasteiger partial charge in [-0.1, -0.05) is 36.4 Å². The zero-order valence-corrected chi connectivity index (χ0v) is 10.0. The Bertz CT molecular complexity index is 690. The van der Waals surface area contributed by atoms with Crippen LogP contribution in [0, 0.1) is 0 Å². The quantitative estimate of drug-likeness (QED) is 0.595. The number of benzene rings is 1. The lowest BCUT2D eigenvalue weighted by atomic mass is 9.90. The fraction of sp³-hybridized carbons (Fsp3) is 0.200. The number of hydrogen-bond acceptors (Lipinski definition) is 4. The third-order valence-corrected chi connectivity index (χ3v) is 3.57. The molecule has 0 heterocycles. The number of isocyanates is 2. The van der Waals surface area contributed by atoms with Crippen LogP contribution in [0.1, 0.15) is 11.1 Å². The second-order valence-electron chi connectivity index (χ2n) is 4.51. The maximum absolute atomic E-state index is 10.6. The Balaban J connectivity index is 2.10. The van der Waals surface area contributed by atoms with Crippen LogP contribution in [-0.2, 0) is 16.0 Å². The van der Waals surface area contributed by atoms with E-state index in [-0.39, 0.29) is 0 Å². The summed E-state index contributed by atoms with van der Waals surface area (Å²) in [5, 5.41) is 0. The highest BCUT2D eigenvalue weighted by Crippen LogP contribution is 2.40. The van der Waals surface area contributed by atoms with E-state index in [1.54, 1.807) is 12.2 Å². The van der Waals surface area contributed by atoms with E-state index >= 15 is 0 Å². The molecule has 0 radical (unpaired) electrons. The average molecular weight is 250 g/mol. The minimum absolute atomic E-state index is 0.439. The van der Waals surface area contributed by atoms with Gasteiger partial charge in [-0.05, 0) is 28.7 Å². The molecule has 0 aliphatic heterocycles. The summed E-state index contributed by atoms with van der Waals surface area (Å²) < 4.78 is 0. The highest BCUT2D eigenvalue weighted by atomic mass is 16.1. The normalized spacial score (nSPS) is 23.2. The monoisotopic (exact) mass is 250 g/mol. The molecule has 0 bridgehead atoms. The Kier molecular flexibility index (Phi) is 2.81. The van der Waals surface area contributed by atoms with Crippen molar-refractivity contribution >= 4 is 17.7 Å². The summed E-state index contributed by atoms with van der Waals surface area (Å²) in [6, 6.07) is 7.18. The smallest absolute Gasteiger partial charge is 0.211 e. The van der Waals surface area contributed by atoms with Crippen molar-refractivity contribution in [3.05, 3.63) is 53.1 Å². The number of hydrogen-bond donors (Lipinski definition) is 0. The van der Waals surface area contributed by atoms with Gasteiger partial charge in [0, 0.05) is 0 Å². The largest absolute Gasteiger partial charge is 0.235 e. The van der Waals surface area contributed by atoms with E-state index < -0.39 is 12.1 Å². The van der Waals surface area contributed by atoms with Crippen molar-refractivity contribution < 1.29 is 9.59 Å². The molecule has 0 saturated heterocycles. The number of aliphatic imine (C=N–C) groups is 2.